The van der Waals surface area contributed by atoms with Crippen LogP contribution in [0.25, 0.3) is 0 Å². The molecule has 4 N–H and O–H groups in total. The van der Waals surface area contributed by atoms with E-state index in [1.165, 1.54) is 6.08 Å². The summed E-state index contributed by atoms with van der Waals surface area (Å²) < 4.78 is 5.34. The maximum absolute atomic E-state index is 11.6. The van der Waals surface area contributed by atoms with Crippen LogP contribution in [-0.4, -0.2) is 44.3 Å². The van der Waals surface area contributed by atoms with Crippen LogP contribution in [0.3, 0.4) is 0 Å². The van der Waals surface area contributed by atoms with E-state index >= 15 is 0 Å². The molecule has 22 heavy (non-hydrogen) atoms. The molecular weight excluding hydrogens is 288 g/mol. The van der Waals surface area contributed by atoms with Crippen LogP contribution in [0.1, 0.15) is 19.3 Å². The third kappa shape index (κ3) is 5.84. The summed E-state index contributed by atoms with van der Waals surface area (Å²) in [6.07, 6.45) is 8.05. The highest BCUT2D eigenvalue weighted by Gasteiger charge is 2.15. The van der Waals surface area contributed by atoms with Crippen molar-refractivity contribution >= 4 is 12.2 Å². The monoisotopic (exact) mass is 310 g/mol. The number of allylic oxidation sites excluding steroid dienone is 1. The number of carbonyl (C=O) groups excluding carboxylic acids is 2. The smallest absolute Gasteiger partial charge is 0.267 e. The van der Waals surface area contributed by atoms with E-state index in [2.05, 4.69) is 21.4 Å². The SMILES string of the molecule is O=CCNC1CNC(/C=C/C(=O)NOC2CCCCO2)=CN1. The molecule has 0 spiro atoms. The van der Waals surface area contributed by atoms with Crippen LogP contribution in [0.4, 0.5) is 0 Å². The topological polar surface area (TPSA) is 101 Å². The molecule has 0 radical (unpaired) electrons. The van der Waals surface area contributed by atoms with Crippen molar-refractivity contribution in [2.45, 2.75) is 31.7 Å². The van der Waals surface area contributed by atoms with Crippen molar-refractivity contribution in [1.29, 1.82) is 0 Å². The molecule has 0 aromatic heterocycles. The van der Waals surface area contributed by atoms with Crippen molar-refractivity contribution in [1.82, 2.24) is 21.4 Å². The van der Waals surface area contributed by atoms with Gasteiger partial charge in [0, 0.05) is 31.8 Å². The Morgan fingerprint density at radius 1 is 1.50 bits per heavy atom. The summed E-state index contributed by atoms with van der Waals surface area (Å²) in [5, 5.41) is 9.20. The molecule has 2 atom stereocenters. The van der Waals surface area contributed by atoms with Gasteiger partial charge in [-0.05, 0) is 18.9 Å². The van der Waals surface area contributed by atoms with E-state index in [4.69, 9.17) is 9.57 Å². The van der Waals surface area contributed by atoms with Crippen molar-refractivity contribution in [2.75, 3.05) is 19.7 Å². The Morgan fingerprint density at radius 2 is 2.41 bits per heavy atom. The van der Waals surface area contributed by atoms with Crippen LogP contribution in [0, 0.1) is 0 Å². The van der Waals surface area contributed by atoms with E-state index < -0.39 is 0 Å². The molecule has 0 aromatic carbocycles. The predicted octanol–water partition coefficient (Wildman–Crippen LogP) is -0.734. The highest BCUT2D eigenvalue weighted by atomic mass is 16.8. The van der Waals surface area contributed by atoms with Gasteiger partial charge < -0.3 is 20.2 Å². The summed E-state index contributed by atoms with van der Waals surface area (Å²) in [5.41, 5.74) is 3.12. The minimum absolute atomic E-state index is 0.0111. The zero-order valence-corrected chi connectivity index (χ0v) is 12.3. The molecule has 2 unspecified atom stereocenters. The molecule has 2 heterocycles. The first-order chi connectivity index (χ1) is 10.8. The fourth-order valence-corrected chi connectivity index (χ4v) is 2.08. The summed E-state index contributed by atoms with van der Waals surface area (Å²) in [4.78, 5) is 27.1. The molecule has 0 saturated carbocycles. The first-order valence-electron chi connectivity index (χ1n) is 7.40. The van der Waals surface area contributed by atoms with Gasteiger partial charge in [0.05, 0.1) is 18.4 Å². The number of nitrogens with one attached hydrogen (secondary N) is 4. The number of ether oxygens (including phenoxy) is 1. The lowest BCUT2D eigenvalue weighted by molar-refractivity contribution is -0.198. The molecule has 1 fully saturated rings. The van der Waals surface area contributed by atoms with Gasteiger partial charge >= 0.3 is 0 Å². The van der Waals surface area contributed by atoms with Gasteiger partial charge in [0.25, 0.3) is 5.91 Å². The normalized spacial score (nSPS) is 25.0. The molecule has 2 aliphatic rings. The Bertz CT molecular complexity index is 433. The van der Waals surface area contributed by atoms with Gasteiger partial charge in [0.2, 0.25) is 0 Å². The van der Waals surface area contributed by atoms with Crippen molar-refractivity contribution < 1.29 is 19.2 Å². The third-order valence-corrected chi connectivity index (χ3v) is 3.24. The standard InChI is InChI=1S/C14H22N4O4/c19-7-6-15-12-10-16-11(9-17-12)4-5-13(20)18-22-14-3-1-2-8-21-14/h4-5,7,9,12,14-17H,1-3,6,8,10H2,(H,18,20)/b5-4+. The van der Waals surface area contributed by atoms with E-state index in [-0.39, 0.29) is 18.4 Å². The van der Waals surface area contributed by atoms with Crippen LogP contribution in [0.15, 0.2) is 24.0 Å². The van der Waals surface area contributed by atoms with Gasteiger partial charge in [-0.15, -0.1) is 0 Å². The van der Waals surface area contributed by atoms with Gasteiger partial charge in [-0.3, -0.25) is 10.1 Å². The zero-order valence-electron chi connectivity index (χ0n) is 12.3. The van der Waals surface area contributed by atoms with Crippen LogP contribution < -0.4 is 21.4 Å². The van der Waals surface area contributed by atoms with Gasteiger partial charge in [-0.2, -0.15) is 0 Å². The molecule has 8 nitrogen and oxygen atoms in total. The van der Waals surface area contributed by atoms with Gasteiger partial charge in [0.15, 0.2) is 6.29 Å². The second-order valence-corrected chi connectivity index (χ2v) is 4.99. The largest absolute Gasteiger partial charge is 0.380 e. The van der Waals surface area contributed by atoms with Crippen LogP contribution in [-0.2, 0) is 19.2 Å². The van der Waals surface area contributed by atoms with Gasteiger partial charge in [-0.25, -0.2) is 10.3 Å². The Hall–Kier alpha value is -1.90. The molecule has 1 amide bonds. The van der Waals surface area contributed by atoms with Gasteiger partial charge in [0.1, 0.15) is 6.29 Å². The molecule has 2 aliphatic heterocycles. The van der Waals surface area contributed by atoms with Crippen LogP contribution in [0.2, 0.25) is 0 Å². The number of hydroxylamine groups is 1. The number of hydrogen-bond acceptors (Lipinski definition) is 7. The molecular formula is C14H22N4O4. The second kappa shape index (κ2) is 9.19. The summed E-state index contributed by atoms with van der Waals surface area (Å²) in [5.74, 6) is -0.349. The van der Waals surface area contributed by atoms with Crippen molar-refractivity contribution in [3.8, 4) is 0 Å². The summed E-state index contributed by atoms with van der Waals surface area (Å²) in [6, 6.07) is 0. The second-order valence-electron chi connectivity index (χ2n) is 4.99. The third-order valence-electron chi connectivity index (χ3n) is 3.24. The number of rotatable bonds is 7. The molecule has 8 heteroatoms. The fraction of sp³-hybridized carbons (Fsp3) is 0.571. The molecule has 0 bridgehead atoms. The minimum Gasteiger partial charge on any atom is -0.380 e. The number of carbonyl (C=O) groups is 2. The first-order valence-corrected chi connectivity index (χ1v) is 7.40. The summed E-state index contributed by atoms with van der Waals surface area (Å²) in [6.45, 7) is 1.57. The Balaban J connectivity index is 1.66. The van der Waals surface area contributed by atoms with Crippen molar-refractivity contribution in [2.24, 2.45) is 0 Å². The van der Waals surface area contributed by atoms with E-state index in [0.717, 1.165) is 31.2 Å². The van der Waals surface area contributed by atoms with Crippen LogP contribution in [0.5, 0.6) is 0 Å². The lowest BCUT2D eigenvalue weighted by atomic mass is 10.2. The Morgan fingerprint density at radius 3 is 3.09 bits per heavy atom. The maximum atomic E-state index is 11.6. The molecule has 2 rings (SSSR count). The van der Waals surface area contributed by atoms with Gasteiger partial charge in [-0.1, -0.05) is 0 Å². The molecule has 0 aliphatic carbocycles. The lowest BCUT2D eigenvalue weighted by Crippen LogP contribution is -2.50. The van der Waals surface area contributed by atoms with E-state index in [0.29, 0.717) is 19.7 Å². The average molecular weight is 310 g/mol. The molecule has 1 saturated heterocycles. The number of hydrogen-bond donors (Lipinski definition) is 4. The van der Waals surface area contributed by atoms with E-state index in [1.54, 1.807) is 12.3 Å². The highest BCUT2D eigenvalue weighted by molar-refractivity contribution is 5.87. The Kier molecular flexibility index (Phi) is 6.88. The number of amides is 1. The highest BCUT2D eigenvalue weighted by Crippen LogP contribution is 2.12. The first kappa shape index (κ1) is 16.5. The van der Waals surface area contributed by atoms with Crippen molar-refractivity contribution in [3.05, 3.63) is 24.0 Å². The maximum Gasteiger partial charge on any atom is 0.267 e. The van der Waals surface area contributed by atoms with E-state index in [1.807, 2.05) is 0 Å². The minimum atomic E-state index is -0.357. The molecule has 122 valence electrons. The van der Waals surface area contributed by atoms with E-state index in [9.17, 15) is 9.59 Å². The number of aldehydes is 1. The predicted molar refractivity (Wildman–Crippen MR) is 79.0 cm³/mol. The quantitative estimate of drug-likeness (QED) is 0.279. The average Bonchev–Trinajstić information content (AvgIpc) is 2.58. The molecule has 0 aromatic rings. The zero-order chi connectivity index (χ0) is 15.6. The Labute approximate surface area is 129 Å². The van der Waals surface area contributed by atoms with Crippen molar-refractivity contribution in [3.63, 3.8) is 0 Å². The fourth-order valence-electron chi connectivity index (χ4n) is 2.08. The lowest BCUT2D eigenvalue weighted by Gasteiger charge is -2.24. The summed E-state index contributed by atoms with van der Waals surface area (Å²) in [7, 11) is 0. The van der Waals surface area contributed by atoms with Crippen LogP contribution >= 0.6 is 0 Å². The summed E-state index contributed by atoms with van der Waals surface area (Å²) >= 11 is 0.